The first-order valence-electron chi connectivity index (χ1n) is 9.29. The van der Waals surface area contributed by atoms with E-state index in [-0.39, 0.29) is 5.91 Å². The van der Waals surface area contributed by atoms with Crippen molar-refractivity contribution in [3.05, 3.63) is 29.8 Å². The number of nitrogens with one attached hydrogen (secondary N) is 1. The van der Waals surface area contributed by atoms with Gasteiger partial charge in [0.15, 0.2) is 0 Å². The van der Waals surface area contributed by atoms with Crippen LogP contribution in [-0.4, -0.2) is 62.3 Å². The summed E-state index contributed by atoms with van der Waals surface area (Å²) >= 11 is 0. The Bertz CT molecular complexity index is 625. The van der Waals surface area contributed by atoms with E-state index in [0.717, 1.165) is 50.6 Å². The van der Waals surface area contributed by atoms with Crippen LogP contribution in [0, 0.1) is 11.8 Å². The van der Waals surface area contributed by atoms with Gasteiger partial charge < -0.3 is 19.9 Å². The van der Waals surface area contributed by atoms with E-state index in [4.69, 9.17) is 4.74 Å². The smallest absolute Gasteiger partial charge is 0.256 e. The highest BCUT2D eigenvalue weighted by Crippen LogP contribution is 2.48. The Hall–Kier alpha value is -1.59. The zero-order valence-corrected chi connectivity index (χ0v) is 14.0. The molecule has 4 fully saturated rings. The third-order valence-electron chi connectivity index (χ3n) is 6.49. The minimum absolute atomic E-state index is 0.249. The summed E-state index contributed by atoms with van der Waals surface area (Å²) in [6.45, 7) is 5.39. The summed E-state index contributed by atoms with van der Waals surface area (Å²) < 4.78 is 5.47. The standard InChI is InChI=1S/C19H25N3O2/c23-19(22-17-5-6-18(22)15-12-20-11-14(15)17)13-3-1-2-4-16(13)21-7-9-24-10-8-21/h1-4,14-15,17-18,20H,5-12H2/t14-,15+,17-,18+. The predicted octanol–water partition coefficient (Wildman–Crippen LogP) is 1.35. The zero-order valence-electron chi connectivity index (χ0n) is 14.0. The Balaban J connectivity index is 1.46. The van der Waals surface area contributed by atoms with Crippen LogP contribution >= 0.6 is 0 Å². The second-order valence-electron chi connectivity index (χ2n) is 7.53. The second kappa shape index (κ2) is 5.74. The minimum atomic E-state index is 0.249. The van der Waals surface area contributed by atoms with Gasteiger partial charge in [0.05, 0.1) is 18.8 Å². The van der Waals surface area contributed by atoms with E-state index in [1.807, 2.05) is 18.2 Å². The van der Waals surface area contributed by atoms with E-state index < -0.39 is 0 Å². The number of carbonyl (C=O) groups is 1. The third kappa shape index (κ3) is 2.11. The largest absolute Gasteiger partial charge is 0.378 e. The fourth-order valence-electron chi connectivity index (χ4n) is 5.44. The summed E-state index contributed by atoms with van der Waals surface area (Å²) in [6.07, 6.45) is 2.36. The fraction of sp³-hybridized carbons (Fsp3) is 0.632. The van der Waals surface area contributed by atoms with Crippen LogP contribution in [0.25, 0.3) is 0 Å². The number of benzene rings is 1. The van der Waals surface area contributed by atoms with E-state index in [0.29, 0.717) is 23.9 Å². The number of fused-ring (bicyclic) bond motifs is 5. The van der Waals surface area contributed by atoms with Crippen molar-refractivity contribution >= 4 is 11.6 Å². The quantitative estimate of drug-likeness (QED) is 0.890. The molecule has 1 N–H and O–H groups in total. The van der Waals surface area contributed by atoms with Crippen molar-refractivity contribution in [2.24, 2.45) is 11.8 Å². The van der Waals surface area contributed by atoms with Gasteiger partial charge in [-0.1, -0.05) is 12.1 Å². The molecular weight excluding hydrogens is 302 g/mol. The first-order valence-corrected chi connectivity index (χ1v) is 9.29. The normalized spacial score (nSPS) is 34.7. The summed E-state index contributed by atoms with van der Waals surface area (Å²) in [7, 11) is 0. The molecule has 5 nitrogen and oxygen atoms in total. The molecule has 2 bridgehead atoms. The molecular formula is C19H25N3O2. The Morgan fingerprint density at radius 3 is 2.42 bits per heavy atom. The number of anilines is 1. The topological polar surface area (TPSA) is 44.8 Å². The number of hydrogen-bond acceptors (Lipinski definition) is 4. The van der Waals surface area contributed by atoms with Crippen molar-refractivity contribution in [1.29, 1.82) is 0 Å². The van der Waals surface area contributed by atoms with Crippen molar-refractivity contribution in [1.82, 2.24) is 10.2 Å². The Morgan fingerprint density at radius 2 is 1.71 bits per heavy atom. The maximum Gasteiger partial charge on any atom is 0.256 e. The number of carbonyl (C=O) groups excluding carboxylic acids is 1. The van der Waals surface area contributed by atoms with Gasteiger partial charge in [-0.2, -0.15) is 0 Å². The number of amides is 1. The highest BCUT2D eigenvalue weighted by atomic mass is 16.5. The molecule has 128 valence electrons. The molecule has 1 aromatic carbocycles. The summed E-state index contributed by atoms with van der Waals surface area (Å²) in [4.78, 5) is 18.0. The SMILES string of the molecule is O=C(c1ccccc1N1CCOCC1)N1[C@@H]2CC[C@H]1[C@H]1CNC[C@H]12. The van der Waals surface area contributed by atoms with Gasteiger partial charge in [-0.05, 0) is 36.8 Å². The lowest BCUT2D eigenvalue weighted by Gasteiger charge is -2.32. The summed E-state index contributed by atoms with van der Waals surface area (Å²) in [5, 5.41) is 3.53. The summed E-state index contributed by atoms with van der Waals surface area (Å²) in [6, 6.07) is 9.04. The van der Waals surface area contributed by atoms with Crippen molar-refractivity contribution in [3.8, 4) is 0 Å². The van der Waals surface area contributed by atoms with E-state index in [2.05, 4.69) is 21.2 Å². The lowest BCUT2D eigenvalue weighted by Crippen LogP contribution is -2.41. The van der Waals surface area contributed by atoms with Crippen molar-refractivity contribution in [3.63, 3.8) is 0 Å². The van der Waals surface area contributed by atoms with Crippen LogP contribution in [0.4, 0.5) is 5.69 Å². The summed E-state index contributed by atoms with van der Waals surface area (Å²) in [5.41, 5.74) is 1.96. The van der Waals surface area contributed by atoms with Crippen LogP contribution in [0.1, 0.15) is 23.2 Å². The fourth-order valence-corrected chi connectivity index (χ4v) is 5.44. The van der Waals surface area contributed by atoms with Crippen molar-refractivity contribution < 1.29 is 9.53 Å². The Morgan fingerprint density at radius 1 is 1.04 bits per heavy atom. The number of hydrogen-bond donors (Lipinski definition) is 1. The molecule has 0 radical (unpaired) electrons. The average molecular weight is 327 g/mol. The maximum absolute atomic E-state index is 13.4. The maximum atomic E-state index is 13.4. The van der Waals surface area contributed by atoms with Crippen LogP contribution in [0.15, 0.2) is 24.3 Å². The predicted molar refractivity (Wildman–Crippen MR) is 92.3 cm³/mol. The molecule has 0 spiro atoms. The molecule has 4 atom stereocenters. The van der Waals surface area contributed by atoms with Crippen molar-refractivity contribution in [2.45, 2.75) is 24.9 Å². The first-order chi connectivity index (χ1) is 11.8. The van der Waals surface area contributed by atoms with Gasteiger partial charge in [-0.3, -0.25) is 4.79 Å². The number of morpholine rings is 1. The van der Waals surface area contributed by atoms with Crippen LogP contribution in [0.3, 0.4) is 0 Å². The molecule has 0 unspecified atom stereocenters. The van der Waals surface area contributed by atoms with Gasteiger partial charge >= 0.3 is 0 Å². The van der Waals surface area contributed by atoms with Crippen molar-refractivity contribution in [2.75, 3.05) is 44.3 Å². The van der Waals surface area contributed by atoms with E-state index >= 15 is 0 Å². The van der Waals surface area contributed by atoms with Gasteiger partial charge in [-0.15, -0.1) is 0 Å². The van der Waals surface area contributed by atoms with Gasteiger partial charge in [0.2, 0.25) is 0 Å². The minimum Gasteiger partial charge on any atom is -0.378 e. The molecule has 5 heteroatoms. The molecule has 5 rings (SSSR count). The average Bonchev–Trinajstić information content (AvgIpc) is 3.34. The lowest BCUT2D eigenvalue weighted by atomic mass is 9.82. The number of nitrogens with zero attached hydrogens (tertiary/aromatic N) is 2. The van der Waals surface area contributed by atoms with Crippen LogP contribution in [0.2, 0.25) is 0 Å². The molecule has 4 aliphatic heterocycles. The second-order valence-corrected chi connectivity index (χ2v) is 7.53. The molecule has 0 saturated carbocycles. The van der Waals surface area contributed by atoms with Gasteiger partial charge in [0.25, 0.3) is 5.91 Å². The molecule has 1 amide bonds. The highest BCUT2D eigenvalue weighted by Gasteiger charge is 2.56. The van der Waals surface area contributed by atoms with E-state index in [1.54, 1.807) is 0 Å². The van der Waals surface area contributed by atoms with E-state index in [1.165, 1.54) is 12.8 Å². The van der Waals surface area contributed by atoms with Gasteiger partial charge in [0, 0.05) is 44.0 Å². The van der Waals surface area contributed by atoms with Gasteiger partial charge in [-0.25, -0.2) is 0 Å². The Kier molecular flexibility index (Phi) is 3.52. The molecule has 24 heavy (non-hydrogen) atoms. The molecule has 4 heterocycles. The molecule has 0 aliphatic carbocycles. The summed E-state index contributed by atoms with van der Waals surface area (Å²) in [5.74, 6) is 1.59. The monoisotopic (exact) mass is 327 g/mol. The van der Waals surface area contributed by atoms with Crippen LogP contribution in [-0.2, 0) is 4.74 Å². The number of rotatable bonds is 2. The zero-order chi connectivity index (χ0) is 16.1. The number of ether oxygens (including phenoxy) is 1. The van der Waals surface area contributed by atoms with Crippen LogP contribution in [0.5, 0.6) is 0 Å². The lowest BCUT2D eigenvalue weighted by molar-refractivity contribution is 0.0709. The third-order valence-corrected chi connectivity index (χ3v) is 6.49. The molecule has 1 aromatic rings. The Labute approximate surface area is 142 Å². The molecule has 4 saturated heterocycles. The first kappa shape index (κ1) is 14.7. The molecule has 0 aromatic heterocycles. The van der Waals surface area contributed by atoms with Gasteiger partial charge in [0.1, 0.15) is 0 Å². The number of para-hydroxylation sites is 1. The van der Waals surface area contributed by atoms with Crippen LogP contribution < -0.4 is 10.2 Å². The van der Waals surface area contributed by atoms with E-state index in [9.17, 15) is 4.79 Å². The highest BCUT2D eigenvalue weighted by molar-refractivity contribution is 6.00. The molecule has 4 aliphatic rings.